The van der Waals surface area contributed by atoms with E-state index in [1.807, 2.05) is 24.3 Å². The van der Waals surface area contributed by atoms with E-state index in [-0.39, 0.29) is 11.3 Å². The van der Waals surface area contributed by atoms with E-state index in [9.17, 15) is 9.59 Å². The van der Waals surface area contributed by atoms with Crippen LogP contribution in [0.5, 0.6) is 11.5 Å². The molecule has 0 saturated carbocycles. The van der Waals surface area contributed by atoms with Crippen molar-refractivity contribution in [2.45, 2.75) is 13.0 Å². The number of ether oxygens (including phenoxy) is 3. The van der Waals surface area contributed by atoms with Crippen molar-refractivity contribution in [3.63, 3.8) is 0 Å². The van der Waals surface area contributed by atoms with Gasteiger partial charge in [-0.15, -0.1) is 0 Å². The highest BCUT2D eigenvalue weighted by Crippen LogP contribution is 2.28. The molecule has 0 aliphatic carbocycles. The summed E-state index contributed by atoms with van der Waals surface area (Å²) in [7, 11) is 1.48. The number of methoxy groups -OCH3 is 1. The number of carbonyl (C=O) groups excluding carboxylic acids is 2. The van der Waals surface area contributed by atoms with E-state index >= 15 is 0 Å². The smallest absolute Gasteiger partial charge is 0.338 e. The predicted octanol–water partition coefficient (Wildman–Crippen LogP) is 4.17. The molecule has 0 radical (unpaired) electrons. The van der Waals surface area contributed by atoms with E-state index in [0.29, 0.717) is 23.7 Å². The van der Waals surface area contributed by atoms with E-state index in [2.05, 4.69) is 11.6 Å². The first-order valence-corrected chi connectivity index (χ1v) is 8.78. The Labute approximate surface area is 162 Å². The highest BCUT2D eigenvalue weighted by atomic mass is 16.5. The first kappa shape index (κ1) is 19.2. The largest absolute Gasteiger partial charge is 0.493 e. The molecule has 1 unspecified atom stereocenters. The highest BCUT2D eigenvalue weighted by molar-refractivity contribution is 6.10. The molecular weight excluding hydrogens is 358 g/mol. The van der Waals surface area contributed by atoms with Gasteiger partial charge in [0.05, 0.1) is 12.7 Å². The zero-order valence-corrected chi connectivity index (χ0v) is 15.7. The molecule has 0 amide bonds. The Morgan fingerprint density at radius 1 is 1.18 bits per heavy atom. The number of hydrogen-bond donors (Lipinski definition) is 1. The number of rotatable bonds is 8. The number of aromatic nitrogens is 1. The Hall–Kier alpha value is -3.54. The number of esters is 1. The maximum Gasteiger partial charge on any atom is 0.338 e. The van der Waals surface area contributed by atoms with Gasteiger partial charge in [-0.05, 0) is 31.2 Å². The fourth-order valence-corrected chi connectivity index (χ4v) is 2.84. The van der Waals surface area contributed by atoms with Crippen molar-refractivity contribution >= 4 is 22.7 Å². The summed E-state index contributed by atoms with van der Waals surface area (Å²) < 4.78 is 16.1. The molecule has 0 spiro atoms. The molecule has 3 aromatic rings. The Balaban J connectivity index is 1.74. The van der Waals surface area contributed by atoms with Crippen LogP contribution in [0.25, 0.3) is 10.9 Å². The second-order valence-electron chi connectivity index (χ2n) is 6.13. The second-order valence-corrected chi connectivity index (χ2v) is 6.13. The fraction of sp³-hybridized carbons (Fsp3) is 0.182. The zero-order chi connectivity index (χ0) is 20.1. The van der Waals surface area contributed by atoms with Gasteiger partial charge in [0.15, 0.2) is 17.6 Å². The standard InChI is InChI=1S/C22H21NO5/c1-4-11-27-19-10-9-15(12-20(19)26-3)22(25)28-14(2)21(24)17-13-23-18-8-6-5-7-16(17)18/h4-10,12-14,23H,1,11H2,2-3H3. The second kappa shape index (κ2) is 8.43. The minimum atomic E-state index is -0.936. The van der Waals surface area contributed by atoms with Crippen LogP contribution in [0.15, 0.2) is 61.3 Å². The predicted molar refractivity (Wildman–Crippen MR) is 106 cm³/mol. The van der Waals surface area contributed by atoms with Crippen LogP contribution in [0, 0.1) is 0 Å². The number of aromatic amines is 1. The number of nitrogens with one attached hydrogen (secondary N) is 1. The Morgan fingerprint density at radius 3 is 2.71 bits per heavy atom. The van der Waals surface area contributed by atoms with Gasteiger partial charge < -0.3 is 19.2 Å². The first-order chi connectivity index (χ1) is 13.5. The molecule has 0 fully saturated rings. The Morgan fingerprint density at radius 2 is 1.96 bits per heavy atom. The number of benzene rings is 2. The highest BCUT2D eigenvalue weighted by Gasteiger charge is 2.23. The van der Waals surface area contributed by atoms with Gasteiger partial charge in [-0.3, -0.25) is 4.79 Å². The number of para-hydroxylation sites is 1. The molecule has 1 atom stereocenters. The minimum Gasteiger partial charge on any atom is -0.493 e. The summed E-state index contributed by atoms with van der Waals surface area (Å²) in [6, 6.07) is 12.2. The molecule has 0 aliphatic heterocycles. The summed E-state index contributed by atoms with van der Waals surface area (Å²) in [6.45, 7) is 5.46. The first-order valence-electron chi connectivity index (χ1n) is 8.78. The van der Waals surface area contributed by atoms with Gasteiger partial charge in [0.25, 0.3) is 0 Å². The van der Waals surface area contributed by atoms with Crippen molar-refractivity contribution in [2.24, 2.45) is 0 Å². The number of fused-ring (bicyclic) bond motifs is 1. The quantitative estimate of drug-likeness (QED) is 0.361. The van der Waals surface area contributed by atoms with Gasteiger partial charge in [-0.1, -0.05) is 30.9 Å². The number of ketones is 1. The lowest BCUT2D eigenvalue weighted by atomic mass is 10.1. The third kappa shape index (κ3) is 3.91. The molecule has 1 heterocycles. The lowest BCUT2D eigenvalue weighted by Gasteiger charge is -2.14. The van der Waals surface area contributed by atoms with Crippen LogP contribution in [0.1, 0.15) is 27.6 Å². The van der Waals surface area contributed by atoms with Crippen molar-refractivity contribution in [3.05, 3.63) is 72.4 Å². The molecule has 0 saturated heterocycles. The lowest BCUT2D eigenvalue weighted by Crippen LogP contribution is -2.24. The molecular formula is C22H21NO5. The average molecular weight is 379 g/mol. The number of Topliss-reactive ketones (excluding diaryl/α,β-unsaturated/α-hetero) is 1. The van der Waals surface area contributed by atoms with Crippen LogP contribution < -0.4 is 9.47 Å². The van der Waals surface area contributed by atoms with Crippen LogP contribution in [-0.2, 0) is 4.74 Å². The third-order valence-electron chi connectivity index (χ3n) is 4.26. The summed E-state index contributed by atoms with van der Waals surface area (Å²) in [5.41, 5.74) is 1.60. The van der Waals surface area contributed by atoms with Crippen LogP contribution in [0.2, 0.25) is 0 Å². The van der Waals surface area contributed by atoms with Crippen LogP contribution >= 0.6 is 0 Å². The number of hydrogen-bond acceptors (Lipinski definition) is 5. The summed E-state index contributed by atoms with van der Waals surface area (Å²) in [4.78, 5) is 28.3. The fourth-order valence-electron chi connectivity index (χ4n) is 2.84. The van der Waals surface area contributed by atoms with Crippen LogP contribution in [-0.4, -0.2) is 36.6 Å². The molecule has 1 N–H and O–H groups in total. The molecule has 0 aliphatic rings. The monoisotopic (exact) mass is 379 g/mol. The van der Waals surface area contributed by atoms with Gasteiger partial charge in [0, 0.05) is 22.7 Å². The zero-order valence-electron chi connectivity index (χ0n) is 15.7. The number of H-pyrrole nitrogens is 1. The SMILES string of the molecule is C=CCOc1ccc(C(=O)OC(C)C(=O)c2c[nH]c3ccccc23)cc1OC. The van der Waals surface area contributed by atoms with Crippen molar-refractivity contribution in [2.75, 3.05) is 13.7 Å². The van der Waals surface area contributed by atoms with Gasteiger partial charge in [-0.25, -0.2) is 4.79 Å². The van der Waals surface area contributed by atoms with Crippen molar-refractivity contribution in [3.8, 4) is 11.5 Å². The third-order valence-corrected chi connectivity index (χ3v) is 4.26. The summed E-state index contributed by atoms with van der Waals surface area (Å²) >= 11 is 0. The Kier molecular flexibility index (Phi) is 5.79. The molecule has 1 aromatic heterocycles. The van der Waals surface area contributed by atoms with E-state index in [0.717, 1.165) is 10.9 Å². The van der Waals surface area contributed by atoms with E-state index in [1.165, 1.54) is 13.2 Å². The molecule has 28 heavy (non-hydrogen) atoms. The average Bonchev–Trinajstić information content (AvgIpc) is 3.15. The summed E-state index contributed by atoms with van der Waals surface area (Å²) in [5.74, 6) is -0.00765. The van der Waals surface area contributed by atoms with Gasteiger partial charge in [-0.2, -0.15) is 0 Å². The van der Waals surface area contributed by atoms with Crippen molar-refractivity contribution in [1.29, 1.82) is 0 Å². The lowest BCUT2D eigenvalue weighted by molar-refractivity contribution is 0.0319. The van der Waals surface area contributed by atoms with Crippen molar-refractivity contribution < 1.29 is 23.8 Å². The minimum absolute atomic E-state index is 0.265. The molecule has 3 rings (SSSR count). The van der Waals surface area contributed by atoms with Crippen molar-refractivity contribution in [1.82, 2.24) is 4.98 Å². The molecule has 6 heteroatoms. The maximum atomic E-state index is 12.7. The molecule has 144 valence electrons. The van der Waals surface area contributed by atoms with Crippen LogP contribution in [0.4, 0.5) is 0 Å². The van der Waals surface area contributed by atoms with Crippen LogP contribution in [0.3, 0.4) is 0 Å². The summed E-state index contributed by atoms with van der Waals surface area (Å²) in [5, 5.41) is 0.792. The van der Waals surface area contributed by atoms with Gasteiger partial charge >= 0.3 is 5.97 Å². The maximum absolute atomic E-state index is 12.7. The molecule has 6 nitrogen and oxygen atoms in total. The van der Waals surface area contributed by atoms with E-state index in [1.54, 1.807) is 31.3 Å². The Bertz CT molecular complexity index is 1020. The van der Waals surface area contributed by atoms with E-state index in [4.69, 9.17) is 14.2 Å². The topological polar surface area (TPSA) is 77.6 Å². The van der Waals surface area contributed by atoms with E-state index < -0.39 is 12.1 Å². The van der Waals surface area contributed by atoms with Gasteiger partial charge in [0.1, 0.15) is 6.61 Å². The summed E-state index contributed by atoms with van der Waals surface area (Å²) in [6.07, 6.45) is 2.31. The number of carbonyl (C=O) groups is 2. The molecule has 2 aromatic carbocycles. The van der Waals surface area contributed by atoms with Gasteiger partial charge in [0.2, 0.25) is 5.78 Å². The molecule has 0 bridgehead atoms. The normalized spacial score (nSPS) is 11.6.